The number of rotatable bonds is 5. The zero-order chi connectivity index (χ0) is 21.2. The number of pyridine rings is 1. The van der Waals surface area contributed by atoms with E-state index in [2.05, 4.69) is 10.3 Å². The van der Waals surface area contributed by atoms with E-state index in [1.807, 2.05) is 54.8 Å². The van der Waals surface area contributed by atoms with Crippen molar-refractivity contribution in [1.82, 2.24) is 15.0 Å². The quantitative estimate of drug-likeness (QED) is 0.458. The molecule has 0 saturated carbocycles. The predicted octanol–water partition coefficient (Wildman–Crippen LogP) is 5.44. The third-order valence-corrected chi connectivity index (χ3v) is 6.24. The van der Waals surface area contributed by atoms with E-state index in [0.29, 0.717) is 17.5 Å². The van der Waals surface area contributed by atoms with Crippen LogP contribution in [0, 0.1) is 6.92 Å². The van der Waals surface area contributed by atoms with Crippen molar-refractivity contribution in [1.29, 1.82) is 0 Å². The van der Waals surface area contributed by atoms with Crippen LogP contribution >= 0.6 is 11.3 Å². The van der Waals surface area contributed by atoms with E-state index >= 15 is 0 Å². The number of thiophene rings is 1. The first-order valence-corrected chi connectivity index (χ1v) is 11.0. The van der Waals surface area contributed by atoms with Gasteiger partial charge in [0.05, 0.1) is 10.6 Å². The second kappa shape index (κ2) is 8.28. The molecule has 1 N–H and O–H groups in total. The Hall–Kier alpha value is -3.58. The second-order valence-corrected chi connectivity index (χ2v) is 8.30. The molecular weight excluding hydrogens is 408 g/mol. The summed E-state index contributed by atoms with van der Waals surface area (Å²) in [6.07, 6.45) is 6.36. The van der Waals surface area contributed by atoms with E-state index in [1.54, 1.807) is 12.4 Å². The Kier molecular flexibility index (Phi) is 5.18. The van der Waals surface area contributed by atoms with Crippen molar-refractivity contribution in [2.24, 2.45) is 0 Å². The Morgan fingerprint density at radius 1 is 1.03 bits per heavy atom. The lowest BCUT2D eigenvalue weighted by atomic mass is 10.2. The Labute approximate surface area is 184 Å². The van der Waals surface area contributed by atoms with Gasteiger partial charge in [0.15, 0.2) is 5.82 Å². The van der Waals surface area contributed by atoms with Crippen LogP contribution in [-0.4, -0.2) is 20.9 Å². The number of nitrogens with zero attached hydrogens (tertiary/aromatic N) is 3. The fourth-order valence-electron chi connectivity index (χ4n) is 3.62. The molecule has 4 aromatic rings. The second-order valence-electron chi connectivity index (χ2n) is 7.38. The smallest absolute Gasteiger partial charge is 0.265 e. The highest BCUT2D eigenvalue weighted by Gasteiger charge is 2.21. The normalized spacial score (nSPS) is 12.4. The fraction of sp³-hybridized carbons (Fsp3) is 0.167. The van der Waals surface area contributed by atoms with Crippen LogP contribution in [0.5, 0.6) is 11.6 Å². The summed E-state index contributed by atoms with van der Waals surface area (Å²) < 4.78 is 6.16. The summed E-state index contributed by atoms with van der Waals surface area (Å²) in [4.78, 5) is 26.6. The van der Waals surface area contributed by atoms with Gasteiger partial charge in [0.25, 0.3) is 5.91 Å². The van der Waals surface area contributed by atoms with Gasteiger partial charge in [-0.25, -0.2) is 4.98 Å². The van der Waals surface area contributed by atoms with Crippen molar-refractivity contribution in [3.8, 4) is 23.0 Å². The Balaban J connectivity index is 1.37. The van der Waals surface area contributed by atoms with Crippen molar-refractivity contribution >= 4 is 22.9 Å². The molecular formula is C24H20N4O2S. The van der Waals surface area contributed by atoms with Crippen LogP contribution in [0.4, 0.5) is 5.69 Å². The minimum Gasteiger partial charge on any atom is -0.439 e. The van der Waals surface area contributed by atoms with E-state index in [-0.39, 0.29) is 5.91 Å². The van der Waals surface area contributed by atoms with Crippen LogP contribution in [0.15, 0.2) is 60.2 Å². The highest BCUT2D eigenvalue weighted by molar-refractivity contribution is 7.12. The number of hydrogen-bond acceptors (Lipinski definition) is 6. The lowest BCUT2D eigenvalue weighted by Crippen LogP contribution is -2.11. The first-order chi connectivity index (χ1) is 15.2. The van der Waals surface area contributed by atoms with Crippen LogP contribution in [0.2, 0.25) is 0 Å². The van der Waals surface area contributed by atoms with Crippen molar-refractivity contribution < 1.29 is 9.53 Å². The van der Waals surface area contributed by atoms with Crippen LogP contribution < -0.4 is 10.1 Å². The van der Waals surface area contributed by atoms with E-state index in [4.69, 9.17) is 14.7 Å². The molecule has 31 heavy (non-hydrogen) atoms. The standard InChI is InChI=1S/C24H20N4O2S/c1-15-11-14-31-21(15)23(29)26-17-5-7-18(8-6-17)30-24-19-3-2-4-20(19)27-22(28-24)16-9-12-25-13-10-16/h5-14H,2-4H2,1H3,(H,26,29). The summed E-state index contributed by atoms with van der Waals surface area (Å²) in [6.45, 7) is 1.93. The molecule has 1 amide bonds. The fourth-order valence-corrected chi connectivity index (χ4v) is 4.44. The van der Waals surface area contributed by atoms with Crippen LogP contribution in [-0.2, 0) is 12.8 Å². The number of ether oxygens (including phenoxy) is 1. The molecule has 1 aromatic carbocycles. The van der Waals surface area contributed by atoms with Crippen molar-refractivity contribution in [3.63, 3.8) is 0 Å². The van der Waals surface area contributed by atoms with Gasteiger partial charge in [-0.1, -0.05) is 0 Å². The van der Waals surface area contributed by atoms with E-state index in [0.717, 1.165) is 52.2 Å². The van der Waals surface area contributed by atoms with Gasteiger partial charge in [0.2, 0.25) is 5.88 Å². The van der Waals surface area contributed by atoms with E-state index in [9.17, 15) is 4.79 Å². The van der Waals surface area contributed by atoms with Gasteiger partial charge in [-0.3, -0.25) is 9.78 Å². The Morgan fingerprint density at radius 3 is 2.58 bits per heavy atom. The maximum absolute atomic E-state index is 12.4. The third-order valence-electron chi connectivity index (χ3n) is 5.23. The number of fused-ring (bicyclic) bond motifs is 1. The summed E-state index contributed by atoms with van der Waals surface area (Å²) in [5, 5.41) is 4.85. The minimum atomic E-state index is -0.100. The number of nitrogens with one attached hydrogen (secondary N) is 1. The van der Waals surface area contributed by atoms with Crippen LogP contribution in [0.25, 0.3) is 11.4 Å². The number of anilines is 1. The average Bonchev–Trinajstić information content (AvgIpc) is 3.44. The zero-order valence-electron chi connectivity index (χ0n) is 17.0. The highest BCUT2D eigenvalue weighted by atomic mass is 32.1. The van der Waals surface area contributed by atoms with Crippen molar-refractivity contribution in [2.45, 2.75) is 26.2 Å². The molecule has 0 atom stereocenters. The molecule has 0 unspecified atom stereocenters. The molecule has 1 aliphatic carbocycles. The molecule has 0 bridgehead atoms. The summed E-state index contributed by atoms with van der Waals surface area (Å²) >= 11 is 1.44. The molecule has 5 rings (SSSR count). The molecule has 154 valence electrons. The molecule has 3 aromatic heterocycles. The number of hydrogen-bond donors (Lipinski definition) is 1. The summed E-state index contributed by atoms with van der Waals surface area (Å²) in [5.74, 6) is 1.81. The Bertz CT molecular complexity index is 1240. The first-order valence-electron chi connectivity index (χ1n) is 10.1. The lowest BCUT2D eigenvalue weighted by Gasteiger charge is -2.12. The molecule has 0 aliphatic heterocycles. The van der Waals surface area contributed by atoms with Gasteiger partial charge >= 0.3 is 0 Å². The number of amides is 1. The summed E-state index contributed by atoms with van der Waals surface area (Å²) in [7, 11) is 0. The number of benzene rings is 1. The van der Waals surface area contributed by atoms with Crippen LogP contribution in [0.1, 0.15) is 32.9 Å². The SMILES string of the molecule is Cc1ccsc1C(=O)Nc1ccc(Oc2nc(-c3ccncc3)nc3c2CCC3)cc1. The van der Waals surface area contributed by atoms with Crippen molar-refractivity contribution in [2.75, 3.05) is 5.32 Å². The van der Waals surface area contributed by atoms with Gasteiger partial charge in [-0.05, 0) is 79.6 Å². The lowest BCUT2D eigenvalue weighted by molar-refractivity contribution is 0.103. The van der Waals surface area contributed by atoms with Crippen molar-refractivity contribution in [3.05, 3.63) is 81.9 Å². The number of aryl methyl sites for hydroxylation is 2. The summed E-state index contributed by atoms with van der Waals surface area (Å²) in [6, 6.07) is 13.1. The monoisotopic (exact) mass is 428 g/mol. The topological polar surface area (TPSA) is 77.0 Å². The van der Waals surface area contributed by atoms with Crippen LogP contribution in [0.3, 0.4) is 0 Å². The molecule has 0 saturated heterocycles. The number of aromatic nitrogens is 3. The number of carbonyl (C=O) groups is 1. The highest BCUT2D eigenvalue weighted by Crippen LogP contribution is 2.33. The third kappa shape index (κ3) is 4.04. The van der Waals surface area contributed by atoms with Gasteiger partial charge in [-0.15, -0.1) is 11.3 Å². The largest absolute Gasteiger partial charge is 0.439 e. The zero-order valence-corrected chi connectivity index (χ0v) is 17.8. The summed E-state index contributed by atoms with van der Waals surface area (Å²) in [5.41, 5.74) is 4.73. The first kappa shape index (κ1) is 19.4. The average molecular weight is 429 g/mol. The van der Waals surface area contributed by atoms with E-state index < -0.39 is 0 Å². The minimum absolute atomic E-state index is 0.100. The van der Waals surface area contributed by atoms with Gasteiger partial charge in [-0.2, -0.15) is 4.98 Å². The van der Waals surface area contributed by atoms with E-state index in [1.165, 1.54) is 11.3 Å². The molecule has 0 radical (unpaired) electrons. The Morgan fingerprint density at radius 2 is 1.84 bits per heavy atom. The maximum atomic E-state index is 12.4. The molecule has 1 aliphatic rings. The molecule has 6 nitrogen and oxygen atoms in total. The number of carbonyl (C=O) groups excluding carboxylic acids is 1. The maximum Gasteiger partial charge on any atom is 0.265 e. The molecule has 7 heteroatoms. The van der Waals surface area contributed by atoms with Gasteiger partial charge < -0.3 is 10.1 Å². The predicted molar refractivity (Wildman–Crippen MR) is 121 cm³/mol. The van der Waals surface area contributed by atoms with Gasteiger partial charge in [0, 0.05) is 29.2 Å². The molecule has 3 heterocycles. The molecule has 0 fully saturated rings. The molecule has 0 spiro atoms. The van der Waals surface area contributed by atoms with Gasteiger partial charge in [0.1, 0.15) is 5.75 Å².